The minimum absolute atomic E-state index is 0.858. The average molecular weight is 296 g/mol. The number of benzene rings is 1. The van der Waals surface area contributed by atoms with Gasteiger partial charge in [-0.2, -0.15) is 4.98 Å². The van der Waals surface area contributed by atoms with Gasteiger partial charge in [0.15, 0.2) is 0 Å². The van der Waals surface area contributed by atoms with Gasteiger partial charge < -0.3 is 9.80 Å². The summed E-state index contributed by atoms with van der Waals surface area (Å²) >= 11 is 0. The zero-order valence-corrected chi connectivity index (χ0v) is 13.5. The van der Waals surface area contributed by atoms with Crippen LogP contribution in [0.25, 0.3) is 0 Å². The Morgan fingerprint density at radius 2 is 1.77 bits per heavy atom. The molecule has 1 fully saturated rings. The number of nitrogens with zero attached hydrogens (tertiary/aromatic N) is 4. The van der Waals surface area contributed by atoms with Gasteiger partial charge in [0.05, 0.1) is 0 Å². The molecule has 2 aromatic rings. The second kappa shape index (κ2) is 6.77. The number of hydrogen-bond donors (Lipinski definition) is 0. The van der Waals surface area contributed by atoms with Gasteiger partial charge in [0.25, 0.3) is 0 Å². The fraction of sp³-hybridized carbons (Fsp3) is 0.444. The van der Waals surface area contributed by atoms with E-state index in [1.54, 1.807) is 0 Å². The molecule has 0 amide bonds. The Balaban J connectivity index is 1.79. The molecule has 0 unspecified atom stereocenters. The van der Waals surface area contributed by atoms with Crippen molar-refractivity contribution in [3.63, 3.8) is 0 Å². The number of hydrogen-bond acceptors (Lipinski definition) is 4. The summed E-state index contributed by atoms with van der Waals surface area (Å²) in [6, 6.07) is 12.6. The minimum atomic E-state index is 0.858. The van der Waals surface area contributed by atoms with Crippen LogP contribution in [0.15, 0.2) is 36.4 Å². The van der Waals surface area contributed by atoms with Gasteiger partial charge in [0.1, 0.15) is 5.82 Å². The van der Waals surface area contributed by atoms with Crippen LogP contribution < -0.4 is 9.80 Å². The first-order valence-electron chi connectivity index (χ1n) is 8.08. The molecule has 0 aliphatic carbocycles. The average Bonchev–Trinajstić information content (AvgIpc) is 2.56. The normalized spacial score (nSPS) is 14.9. The molecule has 0 spiro atoms. The molecule has 116 valence electrons. The smallest absolute Gasteiger partial charge is 0.227 e. The van der Waals surface area contributed by atoms with Crippen LogP contribution in [0.1, 0.15) is 30.5 Å². The molecular weight excluding hydrogens is 272 g/mol. The monoisotopic (exact) mass is 296 g/mol. The van der Waals surface area contributed by atoms with E-state index in [1.165, 1.54) is 24.8 Å². The van der Waals surface area contributed by atoms with Gasteiger partial charge in [-0.3, -0.25) is 0 Å². The van der Waals surface area contributed by atoms with E-state index in [-0.39, 0.29) is 0 Å². The largest absolute Gasteiger partial charge is 0.355 e. The van der Waals surface area contributed by atoms with Gasteiger partial charge in [-0.1, -0.05) is 30.3 Å². The van der Waals surface area contributed by atoms with Crippen LogP contribution in [0.3, 0.4) is 0 Å². The quantitative estimate of drug-likeness (QED) is 0.865. The zero-order chi connectivity index (χ0) is 15.4. The lowest BCUT2D eigenvalue weighted by Gasteiger charge is -2.28. The molecule has 22 heavy (non-hydrogen) atoms. The van der Waals surface area contributed by atoms with Crippen LogP contribution in [0.5, 0.6) is 0 Å². The molecule has 1 aromatic carbocycles. The summed E-state index contributed by atoms with van der Waals surface area (Å²) in [5.41, 5.74) is 2.33. The number of anilines is 2. The van der Waals surface area contributed by atoms with E-state index < -0.39 is 0 Å². The Morgan fingerprint density at radius 3 is 2.50 bits per heavy atom. The van der Waals surface area contributed by atoms with Gasteiger partial charge in [0.2, 0.25) is 5.95 Å². The highest BCUT2D eigenvalue weighted by atomic mass is 15.3. The lowest BCUT2D eigenvalue weighted by atomic mass is 10.1. The fourth-order valence-corrected chi connectivity index (χ4v) is 2.91. The van der Waals surface area contributed by atoms with E-state index in [4.69, 9.17) is 4.98 Å². The Kier molecular flexibility index (Phi) is 4.56. The lowest BCUT2D eigenvalue weighted by molar-refractivity contribution is 0.567. The topological polar surface area (TPSA) is 32.3 Å². The highest BCUT2D eigenvalue weighted by Crippen LogP contribution is 2.21. The third-order valence-electron chi connectivity index (χ3n) is 4.12. The van der Waals surface area contributed by atoms with Gasteiger partial charge in [-0.25, -0.2) is 4.98 Å². The molecule has 3 rings (SSSR count). The van der Waals surface area contributed by atoms with Crippen molar-refractivity contribution in [3.8, 4) is 0 Å². The highest BCUT2D eigenvalue weighted by Gasteiger charge is 2.15. The van der Waals surface area contributed by atoms with Crippen LogP contribution in [0.4, 0.5) is 11.8 Å². The maximum absolute atomic E-state index is 4.79. The van der Waals surface area contributed by atoms with Crippen molar-refractivity contribution >= 4 is 11.8 Å². The molecule has 0 bridgehead atoms. The molecule has 1 aliphatic heterocycles. The molecule has 0 radical (unpaired) electrons. The second-order valence-electron chi connectivity index (χ2n) is 6.06. The Labute approximate surface area is 132 Å². The molecule has 0 N–H and O–H groups in total. The maximum Gasteiger partial charge on any atom is 0.227 e. The molecule has 1 aliphatic rings. The van der Waals surface area contributed by atoms with Crippen LogP contribution in [-0.2, 0) is 6.54 Å². The molecular formula is C18H24N4. The predicted molar refractivity (Wildman–Crippen MR) is 91.4 cm³/mol. The van der Waals surface area contributed by atoms with Crippen molar-refractivity contribution in [2.24, 2.45) is 0 Å². The Hall–Kier alpha value is -2.10. The zero-order valence-electron chi connectivity index (χ0n) is 13.5. The van der Waals surface area contributed by atoms with Crippen LogP contribution in [0, 0.1) is 6.92 Å². The van der Waals surface area contributed by atoms with Gasteiger partial charge in [0, 0.05) is 38.4 Å². The van der Waals surface area contributed by atoms with E-state index in [0.717, 1.165) is 37.1 Å². The van der Waals surface area contributed by atoms with Crippen LogP contribution >= 0.6 is 0 Å². The first-order valence-corrected chi connectivity index (χ1v) is 8.08. The van der Waals surface area contributed by atoms with E-state index in [2.05, 4.69) is 59.1 Å². The lowest BCUT2D eigenvalue weighted by Crippen LogP contribution is -2.31. The number of aromatic nitrogens is 2. The second-order valence-corrected chi connectivity index (χ2v) is 6.06. The molecule has 0 atom stereocenters. The summed E-state index contributed by atoms with van der Waals surface area (Å²) in [6.45, 7) is 5.06. The Morgan fingerprint density at radius 1 is 1.05 bits per heavy atom. The van der Waals surface area contributed by atoms with Gasteiger partial charge in [-0.05, 0) is 31.7 Å². The van der Waals surface area contributed by atoms with E-state index in [9.17, 15) is 0 Å². The van der Waals surface area contributed by atoms with Crippen LogP contribution in [-0.4, -0.2) is 30.1 Å². The maximum atomic E-state index is 4.79. The molecule has 1 aromatic heterocycles. The van der Waals surface area contributed by atoms with Crippen molar-refractivity contribution in [3.05, 3.63) is 47.7 Å². The fourth-order valence-electron chi connectivity index (χ4n) is 2.91. The summed E-state index contributed by atoms with van der Waals surface area (Å²) in [5.74, 6) is 1.88. The highest BCUT2D eigenvalue weighted by molar-refractivity contribution is 5.46. The van der Waals surface area contributed by atoms with E-state index in [0.29, 0.717) is 0 Å². The molecule has 4 heteroatoms. The predicted octanol–water partition coefficient (Wildman–Crippen LogP) is 3.41. The first-order chi connectivity index (χ1) is 10.7. The summed E-state index contributed by atoms with van der Waals surface area (Å²) in [5, 5.41) is 0. The van der Waals surface area contributed by atoms with Crippen molar-refractivity contribution in [1.82, 2.24) is 9.97 Å². The standard InChI is InChI=1S/C18H24N4/c1-15-13-17(21(2)14-16-9-5-3-6-10-16)20-18(19-15)22-11-7-4-8-12-22/h3,5-6,9-10,13H,4,7-8,11-12,14H2,1-2H3. The molecule has 2 heterocycles. The van der Waals surface area contributed by atoms with Crippen molar-refractivity contribution < 1.29 is 0 Å². The third kappa shape index (κ3) is 3.56. The van der Waals surface area contributed by atoms with E-state index >= 15 is 0 Å². The van der Waals surface area contributed by atoms with Gasteiger partial charge >= 0.3 is 0 Å². The molecule has 4 nitrogen and oxygen atoms in total. The van der Waals surface area contributed by atoms with Crippen molar-refractivity contribution in [2.45, 2.75) is 32.7 Å². The van der Waals surface area contributed by atoms with E-state index in [1.807, 2.05) is 6.07 Å². The first kappa shape index (κ1) is 14.8. The van der Waals surface area contributed by atoms with Crippen molar-refractivity contribution in [2.75, 3.05) is 29.9 Å². The Bertz CT molecular complexity index is 606. The van der Waals surface area contributed by atoms with Crippen molar-refractivity contribution in [1.29, 1.82) is 0 Å². The third-order valence-corrected chi connectivity index (χ3v) is 4.12. The minimum Gasteiger partial charge on any atom is -0.355 e. The summed E-state index contributed by atoms with van der Waals surface area (Å²) < 4.78 is 0. The van der Waals surface area contributed by atoms with Crippen LogP contribution in [0.2, 0.25) is 0 Å². The SMILES string of the molecule is Cc1cc(N(C)Cc2ccccc2)nc(N2CCCCC2)n1. The number of aryl methyl sites for hydroxylation is 1. The number of piperidine rings is 1. The summed E-state index contributed by atoms with van der Waals surface area (Å²) in [7, 11) is 2.09. The number of rotatable bonds is 4. The summed E-state index contributed by atoms with van der Waals surface area (Å²) in [6.07, 6.45) is 3.81. The molecule has 0 saturated carbocycles. The molecule has 1 saturated heterocycles. The summed E-state index contributed by atoms with van der Waals surface area (Å²) in [4.78, 5) is 13.9. The van der Waals surface area contributed by atoms with Gasteiger partial charge in [-0.15, -0.1) is 0 Å².